The molecule has 0 aromatic heterocycles. The smallest absolute Gasteiger partial charge is 0.460 e. The van der Waals surface area contributed by atoms with Gasteiger partial charge in [-0.05, 0) is 0 Å². The van der Waals surface area contributed by atoms with Crippen molar-refractivity contribution in [2.45, 2.75) is 30.4 Å². The molecule has 0 unspecified atom stereocenters. The number of carboxylic acids is 1. The highest BCUT2D eigenvalue weighted by Crippen LogP contribution is 2.53. The van der Waals surface area contributed by atoms with Gasteiger partial charge in [-0.25, -0.2) is 0 Å². The Morgan fingerprint density at radius 3 is 1.41 bits per heavy atom. The molecular weight excluding hydrogens is 275 g/mol. The van der Waals surface area contributed by atoms with E-state index in [-0.39, 0.29) is 0 Å². The van der Waals surface area contributed by atoms with Crippen molar-refractivity contribution in [2.24, 2.45) is 0 Å². The summed E-state index contributed by atoms with van der Waals surface area (Å²) in [7, 11) is 0. The van der Waals surface area contributed by atoms with Gasteiger partial charge in [-0.1, -0.05) is 0 Å². The highest BCUT2D eigenvalue weighted by molar-refractivity contribution is 5.68. The number of carbonyl (C=O) groups is 1. The molecule has 0 atom stereocenters. The van der Waals surface area contributed by atoms with Crippen molar-refractivity contribution < 1.29 is 49.4 Å². The maximum atomic E-state index is 12.4. The van der Waals surface area contributed by atoms with Gasteiger partial charge in [0, 0.05) is 0 Å². The van der Waals surface area contributed by atoms with Crippen LogP contribution < -0.4 is 0 Å². The molecule has 17 heavy (non-hydrogen) atoms. The average Bonchev–Trinajstić information content (AvgIpc) is 1.98. The molecule has 0 amide bonds. The third kappa shape index (κ3) is 2.57. The zero-order chi connectivity index (χ0) is 14.3. The molecule has 0 aromatic rings. The number of alkyl halides is 9. The molecule has 0 fully saturated rings. The van der Waals surface area contributed by atoms with E-state index in [1.54, 1.807) is 0 Å². The van der Waals surface area contributed by atoms with Crippen LogP contribution >= 0.6 is 0 Å². The van der Waals surface area contributed by atoms with Crippen molar-refractivity contribution in [2.75, 3.05) is 0 Å². The quantitative estimate of drug-likeness (QED) is 0.803. The fraction of sp³-hybridized carbons (Fsp3) is 0.833. The largest absolute Gasteiger partial charge is 0.481 e. The molecular formula is C6H3F9O2. The van der Waals surface area contributed by atoms with Crippen LogP contribution in [0.1, 0.15) is 6.42 Å². The van der Waals surface area contributed by atoms with Crippen molar-refractivity contribution in [3.05, 3.63) is 0 Å². The minimum atomic E-state index is -7.04. The molecule has 0 radical (unpaired) electrons. The Bertz CT molecular complexity index is 305. The van der Waals surface area contributed by atoms with Gasteiger partial charge in [0.25, 0.3) is 0 Å². The average molecular weight is 278 g/mol. The zero-order valence-corrected chi connectivity index (χ0v) is 7.46. The van der Waals surface area contributed by atoms with Gasteiger partial charge in [-0.2, -0.15) is 39.5 Å². The van der Waals surface area contributed by atoms with Crippen molar-refractivity contribution in [3.63, 3.8) is 0 Å². The molecule has 0 saturated heterocycles. The SMILES string of the molecule is O=C(O)CC(F)(F)C(F)(F)C(F)(F)C(F)(F)F. The zero-order valence-electron chi connectivity index (χ0n) is 7.46. The maximum Gasteiger partial charge on any atom is 0.460 e. The second-order valence-electron chi connectivity index (χ2n) is 2.92. The first-order valence-corrected chi connectivity index (χ1v) is 3.59. The van der Waals surface area contributed by atoms with Crippen LogP contribution in [0.3, 0.4) is 0 Å². The summed E-state index contributed by atoms with van der Waals surface area (Å²) in [5.41, 5.74) is 0. The van der Waals surface area contributed by atoms with E-state index in [0.29, 0.717) is 0 Å². The third-order valence-corrected chi connectivity index (χ3v) is 1.58. The summed E-state index contributed by atoms with van der Waals surface area (Å²) in [4.78, 5) is 9.70. The Labute approximate surface area is 87.0 Å². The first kappa shape index (κ1) is 15.8. The molecule has 0 saturated carbocycles. The molecule has 102 valence electrons. The summed E-state index contributed by atoms with van der Waals surface area (Å²) in [6.45, 7) is 0. The first-order valence-electron chi connectivity index (χ1n) is 3.59. The molecule has 0 aliphatic rings. The molecule has 2 nitrogen and oxygen atoms in total. The van der Waals surface area contributed by atoms with Crippen LogP contribution in [0.4, 0.5) is 39.5 Å². The predicted molar refractivity (Wildman–Crippen MR) is 33.1 cm³/mol. The van der Waals surface area contributed by atoms with Gasteiger partial charge in [0.05, 0.1) is 0 Å². The summed E-state index contributed by atoms with van der Waals surface area (Å²) < 4.78 is 108. The molecule has 1 N–H and O–H groups in total. The Hall–Kier alpha value is -1.16. The minimum Gasteiger partial charge on any atom is -0.481 e. The summed E-state index contributed by atoms with van der Waals surface area (Å²) >= 11 is 0. The van der Waals surface area contributed by atoms with E-state index in [2.05, 4.69) is 0 Å². The van der Waals surface area contributed by atoms with Crippen LogP contribution in [0, 0.1) is 0 Å². The fourth-order valence-electron chi connectivity index (χ4n) is 0.709. The minimum absolute atomic E-state index is 2.65. The molecule has 0 aromatic carbocycles. The normalized spacial score (nSPS) is 14.9. The predicted octanol–water partition coefficient (Wildman–Crippen LogP) is 2.93. The van der Waals surface area contributed by atoms with E-state index >= 15 is 0 Å². The Morgan fingerprint density at radius 1 is 0.824 bits per heavy atom. The molecule has 0 rings (SSSR count). The number of halogens is 9. The Kier molecular flexibility index (Phi) is 3.68. The van der Waals surface area contributed by atoms with Gasteiger partial charge in [-0.15, -0.1) is 0 Å². The topological polar surface area (TPSA) is 37.3 Å². The molecule has 0 aliphatic heterocycles. The lowest BCUT2D eigenvalue weighted by Gasteiger charge is -2.32. The van der Waals surface area contributed by atoms with E-state index in [9.17, 15) is 44.3 Å². The van der Waals surface area contributed by atoms with Crippen LogP contribution in [0.2, 0.25) is 0 Å². The monoisotopic (exact) mass is 278 g/mol. The number of aliphatic carboxylic acids is 1. The molecule has 0 heterocycles. The van der Waals surface area contributed by atoms with Crippen molar-refractivity contribution in [1.82, 2.24) is 0 Å². The number of carboxylic acid groups (broad SMARTS) is 1. The molecule has 11 heteroatoms. The van der Waals surface area contributed by atoms with E-state index in [4.69, 9.17) is 5.11 Å². The third-order valence-electron chi connectivity index (χ3n) is 1.58. The van der Waals surface area contributed by atoms with Gasteiger partial charge in [0.15, 0.2) is 0 Å². The van der Waals surface area contributed by atoms with Gasteiger partial charge in [0.1, 0.15) is 6.42 Å². The second kappa shape index (κ2) is 3.95. The van der Waals surface area contributed by atoms with E-state index < -0.39 is 36.3 Å². The molecule has 0 bridgehead atoms. The molecule has 0 spiro atoms. The summed E-state index contributed by atoms with van der Waals surface area (Å²) in [5.74, 6) is -22.6. The van der Waals surface area contributed by atoms with Crippen LogP contribution in [0.25, 0.3) is 0 Å². The highest BCUT2D eigenvalue weighted by Gasteiger charge is 2.81. The summed E-state index contributed by atoms with van der Waals surface area (Å²) in [6.07, 6.45) is -9.79. The van der Waals surface area contributed by atoms with Crippen LogP contribution in [0.15, 0.2) is 0 Å². The second-order valence-corrected chi connectivity index (χ2v) is 2.92. The van der Waals surface area contributed by atoms with E-state index in [1.165, 1.54) is 0 Å². The van der Waals surface area contributed by atoms with E-state index in [1.807, 2.05) is 0 Å². The van der Waals surface area contributed by atoms with Gasteiger partial charge in [-0.3, -0.25) is 4.79 Å². The summed E-state index contributed by atoms with van der Waals surface area (Å²) in [5, 5.41) is 7.74. The van der Waals surface area contributed by atoms with Gasteiger partial charge in [0.2, 0.25) is 0 Å². The summed E-state index contributed by atoms with van der Waals surface area (Å²) in [6, 6.07) is 0. The van der Waals surface area contributed by atoms with Gasteiger partial charge < -0.3 is 5.11 Å². The van der Waals surface area contributed by atoms with Crippen molar-refractivity contribution in [3.8, 4) is 0 Å². The number of rotatable bonds is 4. The Morgan fingerprint density at radius 2 is 1.18 bits per heavy atom. The number of hydrogen-bond acceptors (Lipinski definition) is 1. The van der Waals surface area contributed by atoms with Crippen LogP contribution in [-0.2, 0) is 4.79 Å². The molecule has 0 aliphatic carbocycles. The fourth-order valence-corrected chi connectivity index (χ4v) is 0.709. The van der Waals surface area contributed by atoms with Crippen molar-refractivity contribution >= 4 is 5.97 Å². The first-order chi connectivity index (χ1) is 7.17. The van der Waals surface area contributed by atoms with Crippen LogP contribution in [0.5, 0.6) is 0 Å². The van der Waals surface area contributed by atoms with Gasteiger partial charge >= 0.3 is 29.9 Å². The van der Waals surface area contributed by atoms with E-state index in [0.717, 1.165) is 0 Å². The van der Waals surface area contributed by atoms with Crippen molar-refractivity contribution in [1.29, 1.82) is 0 Å². The lowest BCUT2D eigenvalue weighted by Crippen LogP contribution is -2.61. The Balaban J connectivity index is 5.47. The highest BCUT2D eigenvalue weighted by atomic mass is 19.4. The standard InChI is InChI=1S/C6H3F9O2/c7-3(8,1-2(16)17)4(9,10)5(11,12)6(13,14)15/h1H2,(H,16,17). The number of hydrogen-bond donors (Lipinski definition) is 1. The van der Waals surface area contributed by atoms with Crippen LogP contribution in [-0.4, -0.2) is 35.0 Å². The lowest BCUT2D eigenvalue weighted by atomic mass is 10.0. The maximum absolute atomic E-state index is 12.4. The lowest BCUT2D eigenvalue weighted by molar-refractivity contribution is -0.395.